The number of amides is 1. The first kappa shape index (κ1) is 15.5. The van der Waals surface area contributed by atoms with Gasteiger partial charge in [0.25, 0.3) is 0 Å². The van der Waals surface area contributed by atoms with Crippen LogP contribution in [0.25, 0.3) is 6.08 Å². The normalized spacial score (nSPS) is 10.8. The Bertz CT molecular complexity index is 728. The number of nitrogens with one attached hydrogen (secondary N) is 1. The van der Waals surface area contributed by atoms with Gasteiger partial charge in [-0.05, 0) is 30.3 Å². The van der Waals surface area contributed by atoms with Crippen molar-refractivity contribution < 1.29 is 9.72 Å². The van der Waals surface area contributed by atoms with Crippen LogP contribution in [0, 0.1) is 10.1 Å². The average Bonchev–Trinajstić information content (AvgIpc) is 2.90. The minimum atomic E-state index is -0.474. The molecule has 1 aromatic carbocycles. The van der Waals surface area contributed by atoms with E-state index in [9.17, 15) is 14.9 Å². The molecular formula is C13H8Cl2N2O3S. The molecule has 0 aliphatic rings. The summed E-state index contributed by atoms with van der Waals surface area (Å²) in [5.74, 6) is -0.371. The SMILES string of the molecule is O=C(/C=C/c1ccc([N+](=O)[O-])s1)Nc1ccc(Cl)c(Cl)c1. The van der Waals surface area contributed by atoms with E-state index in [1.54, 1.807) is 18.2 Å². The molecule has 0 fully saturated rings. The van der Waals surface area contributed by atoms with Gasteiger partial charge in [-0.15, -0.1) is 0 Å². The van der Waals surface area contributed by atoms with Crippen LogP contribution in [-0.2, 0) is 4.79 Å². The zero-order valence-electron chi connectivity index (χ0n) is 10.4. The molecule has 1 amide bonds. The van der Waals surface area contributed by atoms with Gasteiger partial charge in [-0.3, -0.25) is 14.9 Å². The minimum Gasteiger partial charge on any atom is -0.322 e. The fraction of sp³-hybridized carbons (Fsp3) is 0. The quantitative estimate of drug-likeness (QED) is 0.500. The molecule has 1 aromatic heterocycles. The van der Waals surface area contributed by atoms with Crippen LogP contribution in [0.15, 0.2) is 36.4 Å². The summed E-state index contributed by atoms with van der Waals surface area (Å²) in [7, 11) is 0. The Labute approximate surface area is 134 Å². The summed E-state index contributed by atoms with van der Waals surface area (Å²) in [6.07, 6.45) is 2.79. The third-order valence-electron chi connectivity index (χ3n) is 2.38. The topological polar surface area (TPSA) is 72.2 Å². The summed E-state index contributed by atoms with van der Waals surface area (Å²) in [6, 6.07) is 7.69. The number of halogens is 2. The molecule has 1 N–H and O–H groups in total. The largest absolute Gasteiger partial charge is 0.324 e. The van der Waals surface area contributed by atoms with Crippen molar-refractivity contribution in [2.45, 2.75) is 0 Å². The zero-order chi connectivity index (χ0) is 15.4. The molecule has 8 heteroatoms. The molecule has 0 spiro atoms. The second kappa shape index (κ2) is 6.71. The van der Waals surface area contributed by atoms with Crippen molar-refractivity contribution in [3.63, 3.8) is 0 Å². The molecule has 108 valence electrons. The highest BCUT2D eigenvalue weighted by molar-refractivity contribution is 7.16. The summed E-state index contributed by atoms with van der Waals surface area (Å²) >= 11 is 12.6. The fourth-order valence-electron chi connectivity index (χ4n) is 1.45. The van der Waals surface area contributed by atoms with E-state index < -0.39 is 4.92 Å². The van der Waals surface area contributed by atoms with Gasteiger partial charge in [-0.2, -0.15) is 0 Å². The van der Waals surface area contributed by atoms with Crippen molar-refractivity contribution in [3.8, 4) is 0 Å². The van der Waals surface area contributed by atoms with Gasteiger partial charge in [0.1, 0.15) is 0 Å². The number of hydrogen-bond acceptors (Lipinski definition) is 4. The minimum absolute atomic E-state index is 0.0274. The van der Waals surface area contributed by atoms with E-state index in [2.05, 4.69) is 5.32 Å². The maximum atomic E-state index is 11.7. The summed E-state index contributed by atoms with van der Waals surface area (Å²) < 4.78 is 0. The van der Waals surface area contributed by atoms with Crippen LogP contribution in [0.5, 0.6) is 0 Å². The molecule has 0 radical (unpaired) electrons. The van der Waals surface area contributed by atoms with E-state index in [1.807, 2.05) is 0 Å². The molecule has 5 nitrogen and oxygen atoms in total. The Balaban J connectivity index is 2.01. The van der Waals surface area contributed by atoms with Gasteiger partial charge < -0.3 is 5.32 Å². The van der Waals surface area contributed by atoms with Gasteiger partial charge in [0.15, 0.2) is 0 Å². The lowest BCUT2D eigenvalue weighted by atomic mass is 10.3. The third-order valence-corrected chi connectivity index (χ3v) is 4.12. The molecular weight excluding hydrogens is 335 g/mol. The molecule has 21 heavy (non-hydrogen) atoms. The van der Waals surface area contributed by atoms with E-state index in [0.717, 1.165) is 11.3 Å². The van der Waals surface area contributed by atoms with E-state index in [4.69, 9.17) is 23.2 Å². The number of carbonyl (C=O) groups excluding carboxylic acids is 1. The van der Waals surface area contributed by atoms with Crippen LogP contribution in [0.1, 0.15) is 4.88 Å². The Morgan fingerprint density at radius 1 is 1.24 bits per heavy atom. The lowest BCUT2D eigenvalue weighted by Crippen LogP contribution is -2.07. The lowest BCUT2D eigenvalue weighted by molar-refractivity contribution is -0.380. The number of anilines is 1. The van der Waals surface area contributed by atoms with Crippen LogP contribution in [0.4, 0.5) is 10.7 Å². The first-order valence-corrected chi connectivity index (χ1v) is 7.21. The van der Waals surface area contributed by atoms with Crippen molar-refractivity contribution in [2.24, 2.45) is 0 Å². The second-order valence-corrected chi connectivity index (χ2v) is 5.79. The molecule has 0 bridgehead atoms. The Morgan fingerprint density at radius 3 is 2.62 bits per heavy atom. The molecule has 0 aliphatic carbocycles. The maximum Gasteiger partial charge on any atom is 0.324 e. The van der Waals surface area contributed by atoms with Crippen LogP contribution >= 0.6 is 34.5 Å². The zero-order valence-corrected chi connectivity index (χ0v) is 12.7. The van der Waals surface area contributed by atoms with E-state index in [1.165, 1.54) is 24.3 Å². The molecule has 0 aliphatic heterocycles. The van der Waals surface area contributed by atoms with E-state index >= 15 is 0 Å². The van der Waals surface area contributed by atoms with Gasteiger partial charge >= 0.3 is 5.00 Å². The number of nitrogens with zero attached hydrogens (tertiary/aromatic N) is 1. The predicted octanol–water partition coefficient (Wildman–Crippen LogP) is 4.62. The van der Waals surface area contributed by atoms with Crippen LogP contribution in [-0.4, -0.2) is 10.8 Å². The molecule has 2 rings (SSSR count). The molecule has 0 unspecified atom stereocenters. The van der Waals surface area contributed by atoms with Crippen LogP contribution in [0.2, 0.25) is 10.0 Å². The molecule has 0 saturated heterocycles. The summed E-state index contributed by atoms with van der Waals surface area (Å²) in [5.41, 5.74) is 0.510. The Hall–Kier alpha value is -1.89. The smallest absolute Gasteiger partial charge is 0.322 e. The Morgan fingerprint density at radius 2 is 2.00 bits per heavy atom. The molecule has 1 heterocycles. The average molecular weight is 343 g/mol. The fourth-order valence-corrected chi connectivity index (χ4v) is 2.47. The van der Waals surface area contributed by atoms with Crippen LogP contribution < -0.4 is 5.32 Å². The number of rotatable bonds is 4. The summed E-state index contributed by atoms with van der Waals surface area (Å²) in [6.45, 7) is 0. The van der Waals surface area contributed by atoms with E-state index in [-0.39, 0.29) is 10.9 Å². The van der Waals surface area contributed by atoms with Gasteiger partial charge in [0.2, 0.25) is 5.91 Å². The van der Waals surface area contributed by atoms with Gasteiger partial charge in [-0.1, -0.05) is 34.5 Å². The lowest BCUT2D eigenvalue weighted by Gasteiger charge is -2.03. The van der Waals surface area contributed by atoms with Crippen molar-refractivity contribution in [1.29, 1.82) is 0 Å². The number of hydrogen-bond donors (Lipinski definition) is 1. The molecule has 0 atom stereocenters. The number of thiophene rings is 1. The van der Waals surface area contributed by atoms with E-state index in [0.29, 0.717) is 20.6 Å². The predicted molar refractivity (Wildman–Crippen MR) is 85.1 cm³/mol. The number of nitro groups is 1. The maximum absolute atomic E-state index is 11.7. The van der Waals surface area contributed by atoms with Gasteiger partial charge in [-0.25, -0.2) is 0 Å². The monoisotopic (exact) mass is 342 g/mol. The Kier molecular flexibility index (Phi) is 4.95. The highest BCUT2D eigenvalue weighted by Crippen LogP contribution is 2.26. The highest BCUT2D eigenvalue weighted by Gasteiger charge is 2.08. The van der Waals surface area contributed by atoms with Crippen LogP contribution in [0.3, 0.4) is 0 Å². The standard InChI is InChI=1S/C13H8Cl2N2O3S/c14-10-4-1-8(7-11(10)15)16-12(18)5-2-9-3-6-13(21-9)17(19)20/h1-7H,(H,16,18)/b5-2+. The highest BCUT2D eigenvalue weighted by atomic mass is 35.5. The van der Waals surface area contributed by atoms with Crippen molar-refractivity contribution in [2.75, 3.05) is 5.32 Å². The van der Waals surface area contributed by atoms with Gasteiger partial charge in [0, 0.05) is 22.7 Å². The summed E-state index contributed by atoms with van der Waals surface area (Å²) in [5, 5.41) is 13.9. The van der Waals surface area contributed by atoms with Gasteiger partial charge in [0.05, 0.1) is 15.0 Å². The molecule has 0 saturated carbocycles. The molecule has 2 aromatic rings. The number of carbonyl (C=O) groups is 1. The van der Waals surface area contributed by atoms with Crippen molar-refractivity contribution >= 4 is 57.2 Å². The van der Waals surface area contributed by atoms with Crippen molar-refractivity contribution in [1.82, 2.24) is 0 Å². The third kappa shape index (κ3) is 4.29. The first-order valence-electron chi connectivity index (χ1n) is 5.64. The summed E-state index contributed by atoms with van der Waals surface area (Å²) in [4.78, 5) is 22.4. The van der Waals surface area contributed by atoms with Crippen molar-refractivity contribution in [3.05, 3.63) is 61.4 Å². The second-order valence-electron chi connectivity index (χ2n) is 3.88. The number of benzene rings is 1. The first-order chi connectivity index (χ1) is 9.95.